The van der Waals surface area contributed by atoms with Crippen LogP contribution in [0, 0.1) is 13.8 Å². The van der Waals surface area contributed by atoms with Crippen molar-refractivity contribution in [3.63, 3.8) is 0 Å². The van der Waals surface area contributed by atoms with Crippen molar-refractivity contribution in [2.45, 2.75) is 58.8 Å². The molecule has 0 spiro atoms. The first-order valence-corrected chi connectivity index (χ1v) is 13.3. The minimum Gasteiger partial charge on any atom is -0.337 e. The Labute approximate surface area is 225 Å². The van der Waals surface area contributed by atoms with Crippen LogP contribution in [-0.2, 0) is 33.1 Å². The van der Waals surface area contributed by atoms with E-state index in [9.17, 15) is 4.79 Å². The van der Waals surface area contributed by atoms with Crippen LogP contribution in [0.5, 0.6) is 0 Å². The summed E-state index contributed by atoms with van der Waals surface area (Å²) in [6, 6.07) is 15.0. The molecule has 0 bridgehead atoms. The van der Waals surface area contributed by atoms with Crippen molar-refractivity contribution in [3.05, 3.63) is 112 Å². The summed E-state index contributed by atoms with van der Waals surface area (Å²) in [6.45, 7) is 5.98. The molecule has 1 aliphatic carbocycles. The van der Waals surface area contributed by atoms with Gasteiger partial charge < -0.3 is 9.47 Å². The first-order valence-electron chi connectivity index (χ1n) is 13.3. The second-order valence-corrected chi connectivity index (χ2v) is 10.4. The minimum atomic E-state index is 0.00113. The molecule has 0 fully saturated rings. The lowest BCUT2D eigenvalue weighted by molar-refractivity contribution is 0.0783. The number of aromatic nitrogens is 4. The Morgan fingerprint density at radius 1 is 1.03 bits per heavy atom. The van der Waals surface area contributed by atoms with Crippen LogP contribution in [0.3, 0.4) is 0 Å². The number of fused-ring (bicyclic) bond motifs is 1. The number of pyridine rings is 2. The topological polar surface area (TPSA) is 67.2 Å². The van der Waals surface area contributed by atoms with E-state index in [1.165, 1.54) is 22.5 Å². The standard InChI is InChI=1S/C31H36N6O/c1-22-13-15-33-23(2)29(22)31(38)35(3)18-24-8-5-9-25(16-24)19-37(20-27-17-32-21-36(27)4)28-12-6-10-26-11-7-14-34-30(26)28/h5,7-9,11,13-17,21,28H,6,10,12,18-20H2,1-4H3. The quantitative estimate of drug-likeness (QED) is 0.328. The summed E-state index contributed by atoms with van der Waals surface area (Å²) < 4.78 is 2.09. The van der Waals surface area contributed by atoms with Gasteiger partial charge in [-0.2, -0.15) is 0 Å². The number of hydrogen-bond donors (Lipinski definition) is 0. The van der Waals surface area contributed by atoms with Crippen LogP contribution in [0.2, 0.25) is 0 Å². The SMILES string of the molecule is Cc1ccnc(C)c1C(=O)N(C)Cc1cccc(CN(Cc2cncn2C)C2CCCc3cccnc32)c1. The molecule has 0 saturated carbocycles. The van der Waals surface area contributed by atoms with E-state index >= 15 is 0 Å². The lowest BCUT2D eigenvalue weighted by Gasteiger charge is -2.35. The summed E-state index contributed by atoms with van der Waals surface area (Å²) in [4.78, 5) is 31.1. The second kappa shape index (κ2) is 11.3. The van der Waals surface area contributed by atoms with Gasteiger partial charge in [0.1, 0.15) is 0 Å². The molecule has 1 aliphatic rings. The molecule has 0 aliphatic heterocycles. The Morgan fingerprint density at radius 3 is 2.61 bits per heavy atom. The lowest BCUT2D eigenvalue weighted by atomic mass is 9.90. The van der Waals surface area contributed by atoms with E-state index in [4.69, 9.17) is 4.98 Å². The Bertz CT molecular complexity index is 1410. The van der Waals surface area contributed by atoms with Crippen LogP contribution in [0.4, 0.5) is 0 Å². The summed E-state index contributed by atoms with van der Waals surface area (Å²) in [5.74, 6) is 0.00113. The van der Waals surface area contributed by atoms with Crippen molar-refractivity contribution in [1.82, 2.24) is 29.3 Å². The molecule has 3 heterocycles. The van der Waals surface area contributed by atoms with Gasteiger partial charge in [-0.25, -0.2) is 4.98 Å². The second-order valence-electron chi connectivity index (χ2n) is 10.4. The number of aryl methyl sites for hydroxylation is 4. The molecule has 1 unspecified atom stereocenters. The Hall–Kier alpha value is -3.84. The van der Waals surface area contributed by atoms with Gasteiger partial charge in [0.15, 0.2) is 0 Å². The molecule has 1 amide bonds. The van der Waals surface area contributed by atoms with Crippen LogP contribution in [-0.4, -0.2) is 42.3 Å². The van der Waals surface area contributed by atoms with Gasteiger partial charge in [-0.1, -0.05) is 30.3 Å². The highest BCUT2D eigenvalue weighted by atomic mass is 16.2. The van der Waals surface area contributed by atoms with Gasteiger partial charge in [-0.15, -0.1) is 0 Å². The van der Waals surface area contributed by atoms with Gasteiger partial charge >= 0.3 is 0 Å². The zero-order chi connectivity index (χ0) is 26.6. The fourth-order valence-electron chi connectivity index (χ4n) is 5.58. The minimum absolute atomic E-state index is 0.00113. The molecule has 1 aromatic carbocycles. The van der Waals surface area contributed by atoms with Crippen molar-refractivity contribution in [3.8, 4) is 0 Å². The third-order valence-corrected chi connectivity index (χ3v) is 7.59. The number of rotatable bonds is 8. The zero-order valence-corrected chi connectivity index (χ0v) is 22.8. The fourth-order valence-corrected chi connectivity index (χ4v) is 5.58. The molecule has 38 heavy (non-hydrogen) atoms. The first kappa shape index (κ1) is 25.8. The molecule has 3 aromatic heterocycles. The molecule has 1 atom stereocenters. The summed E-state index contributed by atoms with van der Waals surface area (Å²) in [6.07, 6.45) is 10.8. The molecule has 7 nitrogen and oxygen atoms in total. The fraction of sp³-hybridized carbons (Fsp3) is 0.355. The molecule has 0 radical (unpaired) electrons. The van der Waals surface area contributed by atoms with Crippen LogP contribution >= 0.6 is 0 Å². The summed E-state index contributed by atoms with van der Waals surface area (Å²) in [5, 5.41) is 0. The molecule has 4 aromatic rings. The number of carbonyl (C=O) groups excluding carboxylic acids is 1. The van der Waals surface area contributed by atoms with Gasteiger partial charge in [0.2, 0.25) is 0 Å². The van der Waals surface area contributed by atoms with E-state index in [0.29, 0.717) is 12.1 Å². The predicted molar refractivity (Wildman–Crippen MR) is 148 cm³/mol. The molecular formula is C31H36N6O. The van der Waals surface area contributed by atoms with Crippen molar-refractivity contribution >= 4 is 5.91 Å². The summed E-state index contributed by atoms with van der Waals surface area (Å²) >= 11 is 0. The third kappa shape index (κ3) is 5.53. The smallest absolute Gasteiger partial charge is 0.256 e. The molecular weight excluding hydrogens is 472 g/mol. The van der Waals surface area contributed by atoms with Gasteiger partial charge in [-0.3, -0.25) is 19.7 Å². The average molecular weight is 509 g/mol. The van der Waals surface area contributed by atoms with E-state index in [-0.39, 0.29) is 11.9 Å². The first-order chi connectivity index (χ1) is 18.4. The largest absolute Gasteiger partial charge is 0.337 e. The average Bonchev–Trinajstić information content (AvgIpc) is 3.32. The van der Waals surface area contributed by atoms with Crippen LogP contribution in [0.1, 0.15) is 68.6 Å². The predicted octanol–water partition coefficient (Wildman–Crippen LogP) is 5.18. The van der Waals surface area contributed by atoms with Gasteiger partial charge in [0.25, 0.3) is 5.91 Å². The molecule has 196 valence electrons. The molecule has 0 N–H and O–H groups in total. The monoisotopic (exact) mass is 508 g/mol. The number of amides is 1. The van der Waals surface area contributed by atoms with Crippen LogP contribution in [0.25, 0.3) is 0 Å². The Balaban J connectivity index is 1.38. The van der Waals surface area contributed by atoms with Crippen LogP contribution < -0.4 is 0 Å². The molecule has 0 saturated heterocycles. The summed E-state index contributed by atoms with van der Waals surface area (Å²) in [7, 11) is 3.91. The van der Waals surface area contributed by atoms with E-state index in [2.05, 4.69) is 49.8 Å². The number of hydrogen-bond acceptors (Lipinski definition) is 5. The highest BCUT2D eigenvalue weighted by molar-refractivity contribution is 5.96. The van der Waals surface area contributed by atoms with E-state index in [0.717, 1.165) is 49.2 Å². The van der Waals surface area contributed by atoms with Crippen LogP contribution in [0.15, 0.2) is 67.4 Å². The third-order valence-electron chi connectivity index (χ3n) is 7.59. The Kier molecular flexibility index (Phi) is 7.65. The molecule has 7 heteroatoms. The maximum atomic E-state index is 13.2. The number of imidazole rings is 1. The lowest BCUT2D eigenvalue weighted by Crippen LogP contribution is -2.32. The number of carbonyl (C=O) groups is 1. The number of benzene rings is 1. The van der Waals surface area contributed by atoms with Gasteiger partial charge in [-0.05, 0) is 67.5 Å². The Morgan fingerprint density at radius 2 is 1.84 bits per heavy atom. The maximum absolute atomic E-state index is 13.2. The highest BCUT2D eigenvalue weighted by Gasteiger charge is 2.28. The highest BCUT2D eigenvalue weighted by Crippen LogP contribution is 2.34. The normalized spacial score (nSPS) is 14.9. The van der Waals surface area contributed by atoms with Gasteiger partial charge in [0, 0.05) is 52.3 Å². The number of nitrogens with zero attached hydrogens (tertiary/aromatic N) is 6. The van der Waals surface area contributed by atoms with Crippen molar-refractivity contribution in [2.75, 3.05) is 7.05 Å². The summed E-state index contributed by atoms with van der Waals surface area (Å²) in [5.41, 5.74) is 8.48. The van der Waals surface area contributed by atoms with Crippen molar-refractivity contribution < 1.29 is 4.79 Å². The van der Waals surface area contributed by atoms with E-state index < -0.39 is 0 Å². The van der Waals surface area contributed by atoms with Gasteiger partial charge in [0.05, 0.1) is 35.0 Å². The maximum Gasteiger partial charge on any atom is 0.256 e. The zero-order valence-electron chi connectivity index (χ0n) is 22.8. The van der Waals surface area contributed by atoms with Crippen molar-refractivity contribution in [1.29, 1.82) is 0 Å². The van der Waals surface area contributed by atoms with E-state index in [1.54, 1.807) is 11.1 Å². The molecule has 5 rings (SSSR count). The van der Waals surface area contributed by atoms with E-state index in [1.807, 2.05) is 58.8 Å². The van der Waals surface area contributed by atoms with Crippen molar-refractivity contribution in [2.24, 2.45) is 7.05 Å².